The molecule has 2 rings (SSSR count). The van der Waals surface area contributed by atoms with Crippen molar-refractivity contribution in [3.63, 3.8) is 0 Å². The van der Waals surface area contributed by atoms with E-state index < -0.39 is 0 Å². The van der Waals surface area contributed by atoms with Gasteiger partial charge in [-0.05, 0) is 25.9 Å². The van der Waals surface area contributed by atoms with E-state index in [2.05, 4.69) is 16.2 Å². The normalized spacial score (nSPS) is 28.9. The molecule has 0 aliphatic carbocycles. The van der Waals surface area contributed by atoms with Gasteiger partial charge in [-0.3, -0.25) is 10.2 Å². The van der Waals surface area contributed by atoms with Gasteiger partial charge in [0.1, 0.15) is 0 Å². The number of carbonyl (C=O) groups excluding carboxylic acids is 1. The summed E-state index contributed by atoms with van der Waals surface area (Å²) in [4.78, 5) is 11.3. The Labute approximate surface area is 65.7 Å². The number of rotatable bonds is 0. The fraction of sp³-hybridized carbons (Fsp3) is 0.857. The van der Waals surface area contributed by atoms with Crippen LogP contribution in [-0.4, -0.2) is 25.5 Å². The number of nitrogens with one attached hydrogen (secondary N) is 3. The third-order valence-electron chi connectivity index (χ3n) is 2.67. The molecule has 2 fully saturated rings. The Morgan fingerprint density at radius 2 is 2.00 bits per heavy atom. The highest BCUT2D eigenvalue weighted by Crippen LogP contribution is 2.29. The van der Waals surface area contributed by atoms with Crippen molar-refractivity contribution < 1.29 is 4.79 Å². The molecular weight excluding hydrogens is 142 g/mol. The lowest BCUT2D eigenvalue weighted by molar-refractivity contribution is -0.128. The van der Waals surface area contributed by atoms with Crippen molar-refractivity contribution in [3.8, 4) is 0 Å². The van der Waals surface area contributed by atoms with E-state index in [9.17, 15) is 4.79 Å². The molecule has 11 heavy (non-hydrogen) atoms. The maximum absolute atomic E-state index is 11.3. The second kappa shape index (κ2) is 2.46. The Hall–Kier alpha value is -0.610. The molecule has 0 aromatic rings. The Bertz CT molecular complexity index is 175. The van der Waals surface area contributed by atoms with E-state index in [0.717, 1.165) is 32.5 Å². The van der Waals surface area contributed by atoms with Crippen molar-refractivity contribution >= 4 is 5.91 Å². The van der Waals surface area contributed by atoms with E-state index in [4.69, 9.17) is 0 Å². The molecule has 2 aliphatic rings. The van der Waals surface area contributed by atoms with Gasteiger partial charge in [0, 0.05) is 6.54 Å². The Morgan fingerprint density at radius 3 is 2.55 bits per heavy atom. The van der Waals surface area contributed by atoms with Crippen LogP contribution in [-0.2, 0) is 4.79 Å². The lowest BCUT2D eigenvalue weighted by Crippen LogP contribution is -2.42. The van der Waals surface area contributed by atoms with Gasteiger partial charge in [-0.15, -0.1) is 0 Å². The van der Waals surface area contributed by atoms with Crippen LogP contribution >= 0.6 is 0 Å². The zero-order valence-electron chi connectivity index (χ0n) is 6.44. The maximum atomic E-state index is 11.3. The molecular formula is C7H13N3O. The molecule has 4 heteroatoms. The number of hydrazine groups is 1. The van der Waals surface area contributed by atoms with Crippen molar-refractivity contribution in [1.82, 2.24) is 16.2 Å². The minimum absolute atomic E-state index is 0.0920. The molecule has 0 unspecified atom stereocenters. The van der Waals surface area contributed by atoms with Crippen molar-refractivity contribution in [2.24, 2.45) is 5.41 Å². The fourth-order valence-corrected chi connectivity index (χ4v) is 1.82. The quantitative estimate of drug-likeness (QED) is 0.420. The molecule has 2 saturated heterocycles. The van der Waals surface area contributed by atoms with Gasteiger partial charge < -0.3 is 5.32 Å². The van der Waals surface area contributed by atoms with Crippen molar-refractivity contribution in [1.29, 1.82) is 0 Å². The van der Waals surface area contributed by atoms with E-state index in [1.54, 1.807) is 0 Å². The van der Waals surface area contributed by atoms with Crippen molar-refractivity contribution in [2.45, 2.75) is 12.8 Å². The molecule has 1 spiro atoms. The van der Waals surface area contributed by atoms with E-state index in [1.807, 2.05) is 0 Å². The summed E-state index contributed by atoms with van der Waals surface area (Å²) in [7, 11) is 0. The van der Waals surface area contributed by atoms with Crippen LogP contribution in [0.3, 0.4) is 0 Å². The lowest BCUT2D eigenvalue weighted by atomic mass is 9.79. The highest BCUT2D eigenvalue weighted by molar-refractivity contribution is 5.84. The highest BCUT2D eigenvalue weighted by atomic mass is 16.2. The second-order valence-corrected chi connectivity index (χ2v) is 3.34. The van der Waals surface area contributed by atoms with Crippen molar-refractivity contribution in [2.75, 3.05) is 19.6 Å². The highest BCUT2D eigenvalue weighted by Gasteiger charge is 2.42. The first kappa shape index (κ1) is 7.06. The van der Waals surface area contributed by atoms with Gasteiger partial charge in [0.25, 0.3) is 0 Å². The summed E-state index contributed by atoms with van der Waals surface area (Å²) in [5.41, 5.74) is 5.48. The van der Waals surface area contributed by atoms with Crippen LogP contribution in [0.1, 0.15) is 12.8 Å². The number of carbonyl (C=O) groups is 1. The summed E-state index contributed by atoms with van der Waals surface area (Å²) in [5, 5.41) is 3.25. The standard InChI is InChI=1S/C7H13N3O/c11-6-7(5-9-10-6)1-3-8-4-2-7/h8-9H,1-5H2,(H,10,11). The van der Waals surface area contributed by atoms with Gasteiger partial charge >= 0.3 is 0 Å². The van der Waals surface area contributed by atoms with Crippen molar-refractivity contribution in [3.05, 3.63) is 0 Å². The van der Waals surface area contributed by atoms with Crippen LogP contribution in [0.5, 0.6) is 0 Å². The number of hydrogen-bond donors (Lipinski definition) is 3. The molecule has 1 amide bonds. The second-order valence-electron chi connectivity index (χ2n) is 3.34. The lowest BCUT2D eigenvalue weighted by Gasteiger charge is -2.29. The first-order chi connectivity index (χ1) is 5.33. The molecule has 0 aromatic heterocycles. The van der Waals surface area contributed by atoms with E-state index in [-0.39, 0.29) is 11.3 Å². The third kappa shape index (κ3) is 1.02. The zero-order valence-corrected chi connectivity index (χ0v) is 6.44. The summed E-state index contributed by atoms with van der Waals surface area (Å²) in [6.07, 6.45) is 1.93. The van der Waals surface area contributed by atoms with Gasteiger partial charge in [0.15, 0.2) is 0 Å². The Kier molecular flexibility index (Phi) is 1.58. The molecule has 0 aromatic carbocycles. The van der Waals surface area contributed by atoms with E-state index >= 15 is 0 Å². The largest absolute Gasteiger partial charge is 0.317 e. The van der Waals surface area contributed by atoms with E-state index in [1.165, 1.54) is 0 Å². The molecule has 2 aliphatic heterocycles. The average Bonchev–Trinajstić information content (AvgIpc) is 2.36. The van der Waals surface area contributed by atoms with E-state index in [0.29, 0.717) is 0 Å². The zero-order chi connectivity index (χ0) is 7.73. The van der Waals surface area contributed by atoms with Crippen LogP contribution in [0.15, 0.2) is 0 Å². The average molecular weight is 155 g/mol. The summed E-state index contributed by atoms with van der Waals surface area (Å²) in [5.74, 6) is 0.180. The SMILES string of the molecule is O=C1NNCC12CCNCC2. The monoisotopic (exact) mass is 155 g/mol. The molecule has 62 valence electrons. The van der Waals surface area contributed by atoms with Gasteiger partial charge in [-0.25, -0.2) is 5.43 Å². The molecule has 0 saturated carbocycles. The number of amides is 1. The first-order valence-electron chi connectivity index (χ1n) is 4.08. The summed E-state index contributed by atoms with van der Waals surface area (Å²) < 4.78 is 0. The predicted octanol–water partition coefficient (Wildman–Crippen LogP) is -1.01. The van der Waals surface area contributed by atoms with Crippen LogP contribution in [0.25, 0.3) is 0 Å². The first-order valence-corrected chi connectivity index (χ1v) is 4.08. The fourth-order valence-electron chi connectivity index (χ4n) is 1.82. The molecule has 0 radical (unpaired) electrons. The Morgan fingerprint density at radius 1 is 1.27 bits per heavy atom. The topological polar surface area (TPSA) is 53.2 Å². The summed E-state index contributed by atoms with van der Waals surface area (Å²) >= 11 is 0. The van der Waals surface area contributed by atoms with Crippen LogP contribution < -0.4 is 16.2 Å². The molecule has 0 atom stereocenters. The smallest absolute Gasteiger partial charge is 0.241 e. The van der Waals surface area contributed by atoms with Crippen LogP contribution in [0, 0.1) is 5.41 Å². The van der Waals surface area contributed by atoms with Gasteiger partial charge in [-0.1, -0.05) is 0 Å². The summed E-state index contributed by atoms with van der Waals surface area (Å²) in [6.45, 7) is 2.73. The molecule has 2 heterocycles. The van der Waals surface area contributed by atoms with Crippen LogP contribution in [0.2, 0.25) is 0 Å². The Balaban J connectivity index is 2.12. The number of piperidine rings is 1. The minimum atomic E-state index is -0.0920. The molecule has 0 bridgehead atoms. The maximum Gasteiger partial charge on any atom is 0.241 e. The van der Waals surface area contributed by atoms with Crippen LogP contribution in [0.4, 0.5) is 0 Å². The number of hydrogen-bond acceptors (Lipinski definition) is 3. The summed E-state index contributed by atoms with van der Waals surface area (Å²) in [6, 6.07) is 0. The molecule has 4 nitrogen and oxygen atoms in total. The predicted molar refractivity (Wildman–Crippen MR) is 40.7 cm³/mol. The van der Waals surface area contributed by atoms with Gasteiger partial charge in [0.05, 0.1) is 5.41 Å². The molecule has 3 N–H and O–H groups in total. The van der Waals surface area contributed by atoms with Gasteiger partial charge in [0.2, 0.25) is 5.91 Å². The van der Waals surface area contributed by atoms with Gasteiger partial charge in [-0.2, -0.15) is 0 Å². The minimum Gasteiger partial charge on any atom is -0.317 e. The third-order valence-corrected chi connectivity index (χ3v) is 2.67.